The molecule has 0 bridgehead atoms. The van der Waals surface area contributed by atoms with Gasteiger partial charge in [0.05, 0.1) is 18.3 Å². The summed E-state index contributed by atoms with van der Waals surface area (Å²) in [6.45, 7) is 7.18. The number of methoxy groups -OCH3 is 1. The van der Waals surface area contributed by atoms with Crippen LogP contribution >= 0.6 is 0 Å². The maximum atomic E-state index is 13.5. The van der Waals surface area contributed by atoms with Crippen LogP contribution in [0.3, 0.4) is 0 Å². The highest BCUT2D eigenvalue weighted by atomic mass is 19.4. The van der Waals surface area contributed by atoms with Crippen LogP contribution in [-0.4, -0.2) is 35.6 Å². The Labute approximate surface area is 156 Å². The van der Waals surface area contributed by atoms with E-state index in [1.165, 1.54) is 0 Å². The van der Waals surface area contributed by atoms with Crippen molar-refractivity contribution in [2.24, 2.45) is 0 Å². The van der Waals surface area contributed by atoms with Crippen LogP contribution in [0.15, 0.2) is 24.3 Å². The molecule has 0 spiro atoms. The van der Waals surface area contributed by atoms with Crippen molar-refractivity contribution in [3.63, 3.8) is 0 Å². The number of aromatic amines is 1. The molecule has 0 radical (unpaired) electrons. The van der Waals surface area contributed by atoms with E-state index in [1.807, 2.05) is 0 Å². The van der Waals surface area contributed by atoms with Gasteiger partial charge in [-0.05, 0) is 45.4 Å². The van der Waals surface area contributed by atoms with Crippen molar-refractivity contribution in [3.05, 3.63) is 41.2 Å². The summed E-state index contributed by atoms with van der Waals surface area (Å²) in [7, 11) is 0.397. The Hall–Kier alpha value is -2.00. The summed E-state index contributed by atoms with van der Waals surface area (Å²) in [4.78, 5) is 0. The minimum atomic E-state index is -4.62. The van der Waals surface area contributed by atoms with Crippen molar-refractivity contribution in [1.29, 1.82) is 0 Å². The lowest BCUT2D eigenvalue weighted by Crippen LogP contribution is -2.41. The van der Waals surface area contributed by atoms with Crippen molar-refractivity contribution in [3.8, 4) is 5.75 Å². The van der Waals surface area contributed by atoms with Gasteiger partial charge in [-0.15, -0.1) is 0 Å². The molecule has 1 saturated heterocycles. The number of rotatable bonds is 4. The first-order chi connectivity index (χ1) is 12.4. The second kappa shape index (κ2) is 6.56. The molecule has 0 aliphatic carbocycles. The number of aromatic nitrogens is 2. The molecule has 1 aromatic heterocycles. The third-order valence-electron chi connectivity index (χ3n) is 5.18. The molecule has 9 heteroatoms. The van der Waals surface area contributed by atoms with E-state index in [4.69, 9.17) is 14.0 Å². The molecule has 2 aromatic rings. The fourth-order valence-electron chi connectivity index (χ4n) is 2.90. The van der Waals surface area contributed by atoms with Gasteiger partial charge in [0.25, 0.3) is 0 Å². The molecule has 27 heavy (non-hydrogen) atoms. The van der Waals surface area contributed by atoms with Crippen LogP contribution in [-0.2, 0) is 21.9 Å². The number of ether oxygens (including phenoxy) is 1. The van der Waals surface area contributed by atoms with E-state index in [9.17, 15) is 13.2 Å². The topological polar surface area (TPSA) is 56.4 Å². The zero-order valence-electron chi connectivity index (χ0n) is 15.9. The van der Waals surface area contributed by atoms with Gasteiger partial charge in [-0.25, -0.2) is 0 Å². The molecule has 0 atom stereocenters. The lowest BCUT2D eigenvalue weighted by Gasteiger charge is -2.32. The Balaban J connectivity index is 1.99. The summed E-state index contributed by atoms with van der Waals surface area (Å²) in [5, 5.41) is 6.05. The highest BCUT2D eigenvalue weighted by Crippen LogP contribution is 2.38. The first kappa shape index (κ1) is 19.8. The summed E-state index contributed by atoms with van der Waals surface area (Å²) in [5.41, 5.74) is -1.50. The summed E-state index contributed by atoms with van der Waals surface area (Å²) >= 11 is 0. The number of hydrogen-bond acceptors (Lipinski definition) is 4. The first-order valence-corrected chi connectivity index (χ1v) is 8.57. The average molecular weight is 382 g/mol. The fourth-order valence-corrected chi connectivity index (χ4v) is 2.90. The van der Waals surface area contributed by atoms with Crippen LogP contribution in [0.2, 0.25) is 0 Å². The van der Waals surface area contributed by atoms with Crippen molar-refractivity contribution in [1.82, 2.24) is 10.2 Å². The standard InChI is InChI=1S/C18H22BF3N2O3/c1-16(2)17(3,4)27-19(26-16)14-13(23-24-15(14)18(20,21)22)10-11-6-8-12(25-5)9-7-11/h6-9H,10H2,1-5H3,(H,23,24). The summed E-state index contributed by atoms with van der Waals surface area (Å²) in [5.74, 6) is 0.672. The van der Waals surface area contributed by atoms with Crippen LogP contribution < -0.4 is 10.2 Å². The number of nitrogens with zero attached hydrogens (tertiary/aromatic N) is 1. The van der Waals surface area contributed by atoms with Gasteiger partial charge in [-0.3, -0.25) is 5.10 Å². The molecule has 1 aliphatic heterocycles. The SMILES string of the molecule is COc1ccc(Cc2[nH]nc(C(F)(F)F)c2B2OC(C)(C)C(C)(C)O2)cc1. The molecule has 1 N–H and O–H groups in total. The maximum Gasteiger partial charge on any atom is 0.499 e. The molecule has 146 valence electrons. The van der Waals surface area contributed by atoms with Crippen molar-refractivity contribution >= 4 is 12.6 Å². The number of halogens is 3. The summed E-state index contributed by atoms with van der Waals surface area (Å²) in [6, 6.07) is 7.09. The molecule has 0 saturated carbocycles. The quantitative estimate of drug-likeness (QED) is 0.825. The normalized spacial score (nSPS) is 18.7. The smallest absolute Gasteiger partial charge is 0.497 e. The third-order valence-corrected chi connectivity index (χ3v) is 5.18. The molecule has 2 heterocycles. The van der Waals surface area contributed by atoms with Gasteiger partial charge >= 0.3 is 13.3 Å². The van der Waals surface area contributed by atoms with Gasteiger partial charge in [0, 0.05) is 17.6 Å². The van der Waals surface area contributed by atoms with E-state index in [-0.39, 0.29) is 11.9 Å². The minimum absolute atomic E-state index is 0.100. The molecule has 1 aromatic carbocycles. The van der Waals surface area contributed by atoms with Crippen LogP contribution in [0.1, 0.15) is 44.6 Å². The summed E-state index contributed by atoms with van der Waals surface area (Å²) < 4.78 is 57.4. The number of nitrogens with one attached hydrogen (secondary N) is 1. The van der Waals surface area contributed by atoms with Gasteiger partial charge in [-0.2, -0.15) is 18.3 Å². The van der Waals surface area contributed by atoms with Gasteiger partial charge in [0.1, 0.15) is 5.75 Å². The maximum absolute atomic E-state index is 13.5. The third kappa shape index (κ3) is 3.71. The molecule has 5 nitrogen and oxygen atoms in total. The van der Waals surface area contributed by atoms with Crippen LogP contribution in [0.25, 0.3) is 0 Å². The molecular formula is C18H22BF3N2O3. The first-order valence-electron chi connectivity index (χ1n) is 8.57. The predicted molar refractivity (Wildman–Crippen MR) is 95.1 cm³/mol. The number of H-pyrrole nitrogens is 1. The van der Waals surface area contributed by atoms with E-state index in [1.54, 1.807) is 59.1 Å². The molecule has 1 aliphatic rings. The fraction of sp³-hybridized carbons (Fsp3) is 0.500. The average Bonchev–Trinajstić information content (AvgIpc) is 3.06. The Kier molecular flexibility index (Phi) is 4.80. The number of alkyl halides is 3. The molecule has 3 rings (SSSR count). The highest BCUT2D eigenvalue weighted by Gasteiger charge is 2.55. The monoisotopic (exact) mass is 382 g/mol. The second-order valence-electron chi connectivity index (χ2n) is 7.58. The van der Waals surface area contributed by atoms with Crippen molar-refractivity contribution in [2.75, 3.05) is 7.11 Å². The Morgan fingerprint density at radius 2 is 1.63 bits per heavy atom. The molecule has 0 unspecified atom stereocenters. The van der Waals surface area contributed by atoms with E-state index in [2.05, 4.69) is 10.2 Å². The molecular weight excluding hydrogens is 360 g/mol. The molecule has 0 amide bonds. The van der Waals surface area contributed by atoms with Gasteiger partial charge in [0.15, 0.2) is 5.69 Å². The zero-order valence-corrected chi connectivity index (χ0v) is 15.9. The zero-order chi connectivity index (χ0) is 20.0. The molecule has 1 fully saturated rings. The lowest BCUT2D eigenvalue weighted by atomic mass is 9.75. The Morgan fingerprint density at radius 1 is 1.07 bits per heavy atom. The van der Waals surface area contributed by atoms with Crippen LogP contribution in [0.4, 0.5) is 13.2 Å². The van der Waals surface area contributed by atoms with Crippen molar-refractivity contribution in [2.45, 2.75) is 51.5 Å². The highest BCUT2D eigenvalue weighted by molar-refractivity contribution is 6.63. The summed E-state index contributed by atoms with van der Waals surface area (Å²) in [6.07, 6.45) is -4.39. The van der Waals surface area contributed by atoms with Gasteiger partial charge < -0.3 is 14.0 Å². The van der Waals surface area contributed by atoms with E-state index in [0.717, 1.165) is 5.56 Å². The number of benzene rings is 1. The number of hydrogen-bond donors (Lipinski definition) is 1. The van der Waals surface area contributed by atoms with Crippen LogP contribution in [0.5, 0.6) is 5.75 Å². The minimum Gasteiger partial charge on any atom is -0.497 e. The predicted octanol–water partition coefficient (Wildman–Crippen LogP) is 3.33. The lowest BCUT2D eigenvalue weighted by molar-refractivity contribution is -0.140. The largest absolute Gasteiger partial charge is 0.499 e. The second-order valence-corrected chi connectivity index (χ2v) is 7.58. The van der Waals surface area contributed by atoms with Gasteiger partial charge in [-0.1, -0.05) is 12.1 Å². The van der Waals surface area contributed by atoms with Crippen molar-refractivity contribution < 1.29 is 27.2 Å². The Bertz CT molecular complexity index is 800. The van der Waals surface area contributed by atoms with Crippen LogP contribution in [0, 0.1) is 0 Å². The van der Waals surface area contributed by atoms with E-state index >= 15 is 0 Å². The van der Waals surface area contributed by atoms with E-state index in [0.29, 0.717) is 11.4 Å². The van der Waals surface area contributed by atoms with Gasteiger partial charge in [0.2, 0.25) is 0 Å². The van der Waals surface area contributed by atoms with E-state index < -0.39 is 30.2 Å². The Morgan fingerprint density at radius 3 is 2.11 bits per heavy atom.